The van der Waals surface area contributed by atoms with Crippen molar-refractivity contribution in [3.63, 3.8) is 0 Å². The van der Waals surface area contributed by atoms with Crippen LogP contribution >= 0.6 is 46.4 Å². The van der Waals surface area contributed by atoms with Gasteiger partial charge in [0, 0.05) is 0 Å². The zero-order valence-electron chi connectivity index (χ0n) is 10.4. The SMILES string of the molecule is N#CC(C(=O)c1c(Cl)cc(Cl)c(Cl)c1Cl)c1ccccc1. The van der Waals surface area contributed by atoms with E-state index in [0.29, 0.717) is 5.56 Å². The van der Waals surface area contributed by atoms with Crippen molar-refractivity contribution < 1.29 is 4.79 Å². The number of hydrogen-bond acceptors (Lipinski definition) is 2. The van der Waals surface area contributed by atoms with Gasteiger partial charge in [0.25, 0.3) is 0 Å². The molecule has 0 radical (unpaired) electrons. The molecular formula is C15H7Cl4NO. The Morgan fingerprint density at radius 1 is 1.00 bits per heavy atom. The molecule has 0 aliphatic heterocycles. The lowest BCUT2D eigenvalue weighted by Gasteiger charge is -2.13. The molecule has 0 N–H and O–H groups in total. The summed E-state index contributed by atoms with van der Waals surface area (Å²) < 4.78 is 0. The second-order valence-electron chi connectivity index (χ2n) is 4.18. The van der Waals surface area contributed by atoms with Gasteiger partial charge in [-0.25, -0.2) is 0 Å². The normalized spacial score (nSPS) is 11.8. The molecule has 0 saturated heterocycles. The summed E-state index contributed by atoms with van der Waals surface area (Å²) in [5.41, 5.74) is 0.561. The number of benzene rings is 2. The molecule has 0 aliphatic rings. The number of hydrogen-bond donors (Lipinski definition) is 0. The number of carbonyl (C=O) groups excluding carboxylic acids is 1. The van der Waals surface area contributed by atoms with Gasteiger partial charge in [-0.15, -0.1) is 0 Å². The Morgan fingerprint density at radius 2 is 1.62 bits per heavy atom. The number of ketones is 1. The highest BCUT2D eigenvalue weighted by molar-refractivity contribution is 6.51. The largest absolute Gasteiger partial charge is 0.292 e. The molecule has 106 valence electrons. The lowest BCUT2D eigenvalue weighted by molar-refractivity contribution is 0.0979. The average molecular weight is 359 g/mol. The maximum absolute atomic E-state index is 12.6. The fourth-order valence-electron chi connectivity index (χ4n) is 1.87. The topological polar surface area (TPSA) is 40.9 Å². The first-order valence-corrected chi connectivity index (χ1v) is 7.30. The maximum atomic E-state index is 12.6. The van der Waals surface area contributed by atoms with E-state index in [0.717, 1.165) is 0 Å². The molecule has 2 rings (SSSR count). The maximum Gasteiger partial charge on any atom is 0.187 e. The number of carbonyl (C=O) groups is 1. The first kappa shape index (κ1) is 16.1. The van der Waals surface area contributed by atoms with Crippen LogP contribution in [0, 0.1) is 11.3 Å². The monoisotopic (exact) mass is 357 g/mol. The summed E-state index contributed by atoms with van der Waals surface area (Å²) in [6, 6.07) is 11.9. The summed E-state index contributed by atoms with van der Waals surface area (Å²) in [4.78, 5) is 12.6. The number of rotatable bonds is 3. The first-order chi connectivity index (χ1) is 9.97. The Balaban J connectivity index is 2.55. The molecule has 0 bridgehead atoms. The van der Waals surface area contributed by atoms with Crippen LogP contribution in [0.3, 0.4) is 0 Å². The van der Waals surface area contributed by atoms with Crippen LogP contribution in [0.4, 0.5) is 0 Å². The van der Waals surface area contributed by atoms with Crippen LogP contribution in [0.2, 0.25) is 20.1 Å². The molecule has 0 aliphatic carbocycles. The molecule has 2 aromatic rings. The summed E-state index contributed by atoms with van der Waals surface area (Å²) in [6.07, 6.45) is 0. The van der Waals surface area contributed by atoms with Crippen molar-refractivity contribution in [2.24, 2.45) is 0 Å². The predicted octanol–water partition coefficient (Wildman–Crippen LogP) is 5.79. The van der Waals surface area contributed by atoms with Crippen molar-refractivity contribution in [2.45, 2.75) is 5.92 Å². The summed E-state index contributed by atoms with van der Waals surface area (Å²) in [5.74, 6) is -1.53. The zero-order chi connectivity index (χ0) is 15.6. The lowest BCUT2D eigenvalue weighted by atomic mass is 9.92. The van der Waals surface area contributed by atoms with Crippen molar-refractivity contribution in [2.75, 3.05) is 0 Å². The quantitative estimate of drug-likeness (QED) is 0.395. The average Bonchev–Trinajstić information content (AvgIpc) is 2.47. The Morgan fingerprint density at radius 3 is 2.19 bits per heavy atom. The van der Waals surface area contributed by atoms with Gasteiger partial charge in [-0.2, -0.15) is 5.26 Å². The molecule has 6 heteroatoms. The van der Waals surface area contributed by atoms with Crippen LogP contribution in [-0.4, -0.2) is 5.78 Å². The van der Waals surface area contributed by atoms with Crippen molar-refractivity contribution in [1.82, 2.24) is 0 Å². The molecule has 0 fully saturated rings. The molecule has 0 aromatic heterocycles. The van der Waals surface area contributed by atoms with E-state index in [-0.39, 0.29) is 25.7 Å². The third kappa shape index (κ3) is 3.17. The third-order valence-electron chi connectivity index (χ3n) is 2.88. The van der Waals surface area contributed by atoms with Gasteiger partial charge in [0.05, 0.1) is 31.7 Å². The molecule has 1 unspecified atom stereocenters. The Kier molecular flexibility index (Phi) is 5.13. The molecule has 0 saturated carbocycles. The molecule has 2 aromatic carbocycles. The van der Waals surface area contributed by atoms with Crippen LogP contribution < -0.4 is 0 Å². The van der Waals surface area contributed by atoms with Gasteiger partial charge < -0.3 is 0 Å². The third-order valence-corrected chi connectivity index (χ3v) is 4.44. The van der Waals surface area contributed by atoms with Crippen LogP contribution in [0.25, 0.3) is 0 Å². The Hall–Kier alpha value is -1.24. The fraction of sp³-hybridized carbons (Fsp3) is 0.0667. The Bertz CT molecular complexity index is 738. The molecule has 2 nitrogen and oxygen atoms in total. The van der Waals surface area contributed by atoms with E-state index in [1.807, 2.05) is 6.07 Å². The number of nitriles is 1. The van der Waals surface area contributed by atoms with E-state index >= 15 is 0 Å². The van der Waals surface area contributed by atoms with Crippen LogP contribution in [0.15, 0.2) is 36.4 Å². The van der Waals surface area contributed by atoms with Gasteiger partial charge in [-0.05, 0) is 11.6 Å². The van der Waals surface area contributed by atoms with E-state index in [9.17, 15) is 10.1 Å². The van der Waals surface area contributed by atoms with Crippen LogP contribution in [0.5, 0.6) is 0 Å². The van der Waals surface area contributed by atoms with Crippen LogP contribution in [0.1, 0.15) is 21.8 Å². The standard InChI is InChI=1S/C15H7Cl4NO/c16-10-6-11(17)13(18)14(19)12(10)15(21)9(7-20)8-4-2-1-3-5-8/h1-6,9H. The highest BCUT2D eigenvalue weighted by Gasteiger charge is 2.27. The molecule has 0 heterocycles. The Labute approximate surface area is 141 Å². The summed E-state index contributed by atoms with van der Waals surface area (Å²) >= 11 is 23.9. The van der Waals surface area contributed by atoms with E-state index in [2.05, 4.69) is 0 Å². The first-order valence-electron chi connectivity index (χ1n) is 5.79. The zero-order valence-corrected chi connectivity index (χ0v) is 13.4. The van der Waals surface area contributed by atoms with Crippen LogP contribution in [-0.2, 0) is 0 Å². The lowest BCUT2D eigenvalue weighted by Crippen LogP contribution is -2.12. The van der Waals surface area contributed by atoms with Gasteiger partial charge in [0.2, 0.25) is 0 Å². The minimum Gasteiger partial charge on any atom is -0.292 e. The molecule has 0 spiro atoms. The van der Waals surface area contributed by atoms with Gasteiger partial charge in [-0.3, -0.25) is 4.79 Å². The van der Waals surface area contributed by atoms with E-state index in [1.54, 1.807) is 30.3 Å². The van der Waals surface area contributed by atoms with Crippen molar-refractivity contribution in [3.8, 4) is 6.07 Å². The predicted molar refractivity (Wildman–Crippen MR) is 85.6 cm³/mol. The van der Waals surface area contributed by atoms with Crippen molar-refractivity contribution in [3.05, 3.63) is 67.6 Å². The van der Waals surface area contributed by atoms with Crippen molar-refractivity contribution >= 4 is 52.2 Å². The smallest absolute Gasteiger partial charge is 0.187 e. The van der Waals surface area contributed by atoms with Crippen molar-refractivity contribution in [1.29, 1.82) is 5.26 Å². The molecular weight excluding hydrogens is 352 g/mol. The minimum atomic E-state index is -1.02. The van der Waals surface area contributed by atoms with E-state index < -0.39 is 11.7 Å². The van der Waals surface area contributed by atoms with Gasteiger partial charge in [0.1, 0.15) is 5.92 Å². The molecule has 21 heavy (non-hydrogen) atoms. The summed E-state index contributed by atoms with van der Waals surface area (Å²) in [6.45, 7) is 0. The highest BCUT2D eigenvalue weighted by atomic mass is 35.5. The highest BCUT2D eigenvalue weighted by Crippen LogP contribution is 2.39. The van der Waals surface area contributed by atoms with E-state index in [1.165, 1.54) is 6.07 Å². The minimum absolute atomic E-state index is 0.00290. The van der Waals surface area contributed by atoms with E-state index in [4.69, 9.17) is 46.4 Å². The number of halogens is 4. The number of nitrogens with zero attached hydrogens (tertiary/aromatic N) is 1. The van der Waals surface area contributed by atoms with Gasteiger partial charge in [-0.1, -0.05) is 76.7 Å². The second kappa shape index (κ2) is 6.68. The number of Topliss-reactive ketones (excluding diaryl/α,β-unsaturated/α-hetero) is 1. The summed E-state index contributed by atoms with van der Waals surface area (Å²) in [7, 11) is 0. The second-order valence-corrected chi connectivity index (χ2v) is 5.75. The molecule has 0 amide bonds. The summed E-state index contributed by atoms with van der Waals surface area (Å²) in [5, 5.41) is 9.51. The van der Waals surface area contributed by atoms with Gasteiger partial charge >= 0.3 is 0 Å². The molecule has 1 atom stereocenters. The fourth-order valence-corrected chi connectivity index (χ4v) is 2.97. The van der Waals surface area contributed by atoms with Gasteiger partial charge in [0.15, 0.2) is 5.78 Å².